The predicted octanol–water partition coefficient (Wildman–Crippen LogP) is 6.83. The zero-order valence-corrected chi connectivity index (χ0v) is 17.2. The van der Waals surface area contributed by atoms with Crippen molar-refractivity contribution in [2.24, 2.45) is 5.92 Å². The number of hydrogen-bond donors (Lipinski definition) is 0. The summed E-state index contributed by atoms with van der Waals surface area (Å²) < 4.78 is 0. The molecule has 1 heterocycles. The monoisotopic (exact) mass is 368 g/mol. The predicted molar refractivity (Wildman–Crippen MR) is 120 cm³/mol. The third-order valence-electron chi connectivity index (χ3n) is 5.62. The summed E-state index contributed by atoms with van der Waals surface area (Å²) in [6.07, 6.45) is 0. The topological polar surface area (TPSA) is 6.48 Å². The average Bonchev–Trinajstić information content (AvgIpc) is 2.99. The second kappa shape index (κ2) is 7.55. The number of allylic oxidation sites excluding steroid dienone is 1. The molecule has 142 valence electrons. The fraction of sp³-hybridized carbons (Fsp3) is 0.231. The standard InChI is InChI=1S/C26H28N2/c1-19-11-10-15-24(17-19)27-18-21(3)26(22(27)4)28(23-13-6-5-7-14-23)25-16-9-8-12-20(25)2/h5-17,21H,18H2,1-4H3. The number of rotatable bonds is 4. The lowest BCUT2D eigenvalue weighted by Crippen LogP contribution is -2.21. The normalized spacial score (nSPS) is 16.6. The van der Waals surface area contributed by atoms with E-state index in [0.29, 0.717) is 5.92 Å². The zero-order valence-electron chi connectivity index (χ0n) is 17.2. The summed E-state index contributed by atoms with van der Waals surface area (Å²) in [7, 11) is 0. The third-order valence-corrected chi connectivity index (χ3v) is 5.62. The van der Waals surface area contributed by atoms with Crippen LogP contribution in [0.25, 0.3) is 0 Å². The Morgan fingerprint density at radius 3 is 2.25 bits per heavy atom. The first kappa shape index (κ1) is 18.4. The van der Waals surface area contributed by atoms with E-state index in [9.17, 15) is 0 Å². The molecule has 1 aliphatic heterocycles. The van der Waals surface area contributed by atoms with Gasteiger partial charge in [0.1, 0.15) is 0 Å². The second-order valence-corrected chi connectivity index (χ2v) is 7.78. The highest BCUT2D eigenvalue weighted by Crippen LogP contribution is 2.41. The lowest BCUT2D eigenvalue weighted by Gasteiger charge is -2.30. The molecule has 2 nitrogen and oxygen atoms in total. The molecule has 0 N–H and O–H groups in total. The first-order chi connectivity index (χ1) is 13.6. The number of nitrogens with zero attached hydrogens (tertiary/aromatic N) is 2. The molecule has 0 aromatic heterocycles. The molecule has 2 heteroatoms. The number of benzene rings is 3. The molecule has 1 aliphatic rings. The Hall–Kier alpha value is -3.00. The van der Waals surface area contributed by atoms with Crippen LogP contribution in [0, 0.1) is 19.8 Å². The fourth-order valence-corrected chi connectivity index (χ4v) is 4.27. The summed E-state index contributed by atoms with van der Waals surface area (Å²) in [4.78, 5) is 4.91. The van der Waals surface area contributed by atoms with E-state index in [2.05, 4.69) is 116 Å². The van der Waals surface area contributed by atoms with E-state index >= 15 is 0 Å². The summed E-state index contributed by atoms with van der Waals surface area (Å²) in [6, 6.07) is 28.2. The van der Waals surface area contributed by atoms with Gasteiger partial charge in [0.15, 0.2) is 0 Å². The molecule has 0 amide bonds. The van der Waals surface area contributed by atoms with Gasteiger partial charge in [0.05, 0.1) is 0 Å². The second-order valence-electron chi connectivity index (χ2n) is 7.78. The Morgan fingerprint density at radius 2 is 1.54 bits per heavy atom. The van der Waals surface area contributed by atoms with Crippen molar-refractivity contribution >= 4 is 17.1 Å². The molecule has 0 spiro atoms. The van der Waals surface area contributed by atoms with Gasteiger partial charge in [-0.15, -0.1) is 0 Å². The Labute approximate surface area is 168 Å². The summed E-state index contributed by atoms with van der Waals surface area (Å²) in [5, 5.41) is 0. The van der Waals surface area contributed by atoms with Crippen LogP contribution in [0.15, 0.2) is 90.3 Å². The van der Waals surface area contributed by atoms with Gasteiger partial charge in [-0.1, -0.05) is 55.5 Å². The van der Waals surface area contributed by atoms with Gasteiger partial charge in [-0.3, -0.25) is 0 Å². The highest BCUT2D eigenvalue weighted by molar-refractivity contribution is 5.73. The average molecular weight is 369 g/mol. The number of anilines is 3. The van der Waals surface area contributed by atoms with E-state index in [0.717, 1.165) is 6.54 Å². The molecular formula is C26H28N2. The lowest BCUT2D eigenvalue weighted by atomic mass is 10.0. The van der Waals surface area contributed by atoms with E-state index in [4.69, 9.17) is 0 Å². The van der Waals surface area contributed by atoms with Crippen LogP contribution in [0.3, 0.4) is 0 Å². The molecule has 0 fully saturated rings. The van der Waals surface area contributed by atoms with Crippen molar-refractivity contribution in [3.63, 3.8) is 0 Å². The Balaban J connectivity index is 1.87. The maximum atomic E-state index is 2.46. The van der Waals surface area contributed by atoms with Crippen LogP contribution < -0.4 is 9.80 Å². The van der Waals surface area contributed by atoms with E-state index in [1.165, 1.54) is 39.6 Å². The summed E-state index contributed by atoms with van der Waals surface area (Å²) in [6.45, 7) is 9.95. The lowest BCUT2D eigenvalue weighted by molar-refractivity contribution is 0.712. The van der Waals surface area contributed by atoms with Gasteiger partial charge in [0.25, 0.3) is 0 Å². The SMILES string of the molecule is CC1=C(N(c2ccccc2)c2ccccc2C)C(C)CN1c1cccc(C)c1. The van der Waals surface area contributed by atoms with Gasteiger partial charge in [0, 0.05) is 40.9 Å². The molecule has 1 unspecified atom stereocenters. The minimum absolute atomic E-state index is 0.431. The maximum Gasteiger partial charge on any atom is 0.0488 e. The molecule has 3 aromatic carbocycles. The number of hydrogen-bond acceptors (Lipinski definition) is 2. The minimum atomic E-state index is 0.431. The van der Waals surface area contributed by atoms with Crippen LogP contribution in [0.5, 0.6) is 0 Å². The third kappa shape index (κ3) is 3.31. The minimum Gasteiger partial charge on any atom is -0.343 e. The summed E-state index contributed by atoms with van der Waals surface area (Å²) >= 11 is 0. The van der Waals surface area contributed by atoms with Crippen LogP contribution in [0.4, 0.5) is 17.1 Å². The van der Waals surface area contributed by atoms with Gasteiger partial charge in [0.2, 0.25) is 0 Å². The van der Waals surface area contributed by atoms with Gasteiger partial charge in [-0.25, -0.2) is 0 Å². The van der Waals surface area contributed by atoms with Crippen molar-refractivity contribution in [2.75, 3.05) is 16.3 Å². The molecule has 0 bridgehead atoms. The highest BCUT2D eigenvalue weighted by atomic mass is 15.2. The van der Waals surface area contributed by atoms with Crippen molar-refractivity contribution in [2.45, 2.75) is 27.7 Å². The van der Waals surface area contributed by atoms with Gasteiger partial charge in [-0.05, 0) is 62.2 Å². The molecule has 0 aliphatic carbocycles. The molecule has 0 radical (unpaired) electrons. The molecule has 3 aromatic rings. The van der Waals surface area contributed by atoms with E-state index in [-0.39, 0.29) is 0 Å². The van der Waals surface area contributed by atoms with Crippen molar-refractivity contribution in [3.05, 3.63) is 101 Å². The van der Waals surface area contributed by atoms with Crippen LogP contribution in [0.1, 0.15) is 25.0 Å². The Morgan fingerprint density at radius 1 is 0.821 bits per heavy atom. The first-order valence-corrected chi connectivity index (χ1v) is 10.0. The maximum absolute atomic E-state index is 2.46. The number of aryl methyl sites for hydroxylation is 2. The largest absolute Gasteiger partial charge is 0.343 e. The molecule has 0 saturated heterocycles. The smallest absolute Gasteiger partial charge is 0.0488 e. The molecule has 0 saturated carbocycles. The zero-order chi connectivity index (χ0) is 19.7. The summed E-state index contributed by atoms with van der Waals surface area (Å²) in [5.41, 5.74) is 9.02. The van der Waals surface area contributed by atoms with Crippen molar-refractivity contribution in [3.8, 4) is 0 Å². The summed E-state index contributed by atoms with van der Waals surface area (Å²) in [5.74, 6) is 0.431. The van der Waals surface area contributed by atoms with Crippen molar-refractivity contribution < 1.29 is 0 Å². The van der Waals surface area contributed by atoms with Crippen LogP contribution in [-0.2, 0) is 0 Å². The van der Waals surface area contributed by atoms with Crippen LogP contribution in [-0.4, -0.2) is 6.54 Å². The molecular weight excluding hydrogens is 340 g/mol. The first-order valence-electron chi connectivity index (χ1n) is 10.0. The van der Waals surface area contributed by atoms with Gasteiger partial charge < -0.3 is 9.80 Å². The molecule has 4 rings (SSSR count). The number of para-hydroxylation sites is 2. The van der Waals surface area contributed by atoms with Crippen LogP contribution >= 0.6 is 0 Å². The highest BCUT2D eigenvalue weighted by Gasteiger charge is 2.32. The van der Waals surface area contributed by atoms with Gasteiger partial charge in [-0.2, -0.15) is 0 Å². The Kier molecular flexibility index (Phi) is 4.95. The molecule has 28 heavy (non-hydrogen) atoms. The van der Waals surface area contributed by atoms with E-state index in [1.54, 1.807) is 0 Å². The van der Waals surface area contributed by atoms with Gasteiger partial charge >= 0.3 is 0 Å². The molecule has 1 atom stereocenters. The quantitative estimate of drug-likeness (QED) is 0.498. The fourth-order valence-electron chi connectivity index (χ4n) is 4.27. The van der Waals surface area contributed by atoms with Crippen molar-refractivity contribution in [1.82, 2.24) is 0 Å². The van der Waals surface area contributed by atoms with Crippen molar-refractivity contribution in [1.29, 1.82) is 0 Å². The van der Waals surface area contributed by atoms with E-state index < -0.39 is 0 Å². The van der Waals surface area contributed by atoms with Crippen LogP contribution in [0.2, 0.25) is 0 Å². The van der Waals surface area contributed by atoms with E-state index in [1.807, 2.05) is 0 Å². The Bertz CT molecular complexity index is 1000.